The molecule has 18 heavy (non-hydrogen) atoms. The highest BCUT2D eigenvalue weighted by Crippen LogP contribution is 2.32. The fourth-order valence-corrected chi connectivity index (χ4v) is 3.05. The predicted molar refractivity (Wildman–Crippen MR) is 72.8 cm³/mol. The second kappa shape index (κ2) is 7.63. The quantitative estimate of drug-likeness (QED) is 0.247. The van der Waals surface area contributed by atoms with E-state index in [0.717, 1.165) is 25.0 Å². The van der Waals surface area contributed by atoms with Crippen molar-refractivity contribution in [1.29, 1.82) is 0 Å². The second-order valence-electron chi connectivity index (χ2n) is 4.08. The van der Waals surface area contributed by atoms with Gasteiger partial charge in [0.25, 0.3) is 0 Å². The third kappa shape index (κ3) is 4.17. The Labute approximate surface area is 116 Å². The van der Waals surface area contributed by atoms with Crippen LogP contribution in [0.2, 0.25) is 0 Å². The van der Waals surface area contributed by atoms with E-state index in [1.54, 1.807) is 0 Å². The zero-order valence-corrected chi connectivity index (χ0v) is 11.9. The van der Waals surface area contributed by atoms with Crippen molar-refractivity contribution in [2.75, 3.05) is 12.3 Å². The van der Waals surface area contributed by atoms with E-state index in [1.807, 2.05) is 6.92 Å². The maximum Gasteiger partial charge on any atom is 0.342 e. The van der Waals surface area contributed by atoms with Crippen molar-refractivity contribution in [3.63, 3.8) is 0 Å². The largest absolute Gasteiger partial charge is 0.342 e. The van der Waals surface area contributed by atoms with Gasteiger partial charge in [0.1, 0.15) is 0 Å². The molecular weight excluding hydrogens is 276 g/mol. The summed E-state index contributed by atoms with van der Waals surface area (Å²) in [5, 5.41) is 11.3. The van der Waals surface area contributed by atoms with Gasteiger partial charge in [-0.2, -0.15) is 0 Å². The van der Waals surface area contributed by atoms with Gasteiger partial charge in [-0.3, -0.25) is 19.3 Å². The number of hydrogen-bond donors (Lipinski definition) is 0. The van der Waals surface area contributed by atoms with Gasteiger partial charge in [0.2, 0.25) is 5.78 Å². The average Bonchev–Trinajstić information content (AvgIpc) is 2.32. The van der Waals surface area contributed by atoms with Crippen LogP contribution < -0.4 is 0 Å². The Kier molecular flexibility index (Phi) is 6.49. The zero-order valence-electron chi connectivity index (χ0n) is 10.4. The van der Waals surface area contributed by atoms with Crippen molar-refractivity contribution in [1.82, 2.24) is 4.42 Å². The second-order valence-corrected chi connectivity index (χ2v) is 5.57. The van der Waals surface area contributed by atoms with Gasteiger partial charge in [-0.25, -0.2) is 0 Å². The molecule has 0 aromatic heterocycles. The lowest BCUT2D eigenvalue weighted by atomic mass is 10.1. The zero-order chi connectivity index (χ0) is 13.5. The van der Waals surface area contributed by atoms with E-state index in [4.69, 9.17) is 11.8 Å². The number of thioether (sulfide) groups is 1. The molecule has 1 heterocycles. The van der Waals surface area contributed by atoms with Crippen LogP contribution in [0.1, 0.15) is 39.0 Å². The number of Topliss-reactive ketones (excluding diaryl/α,β-unsaturated/α-hetero) is 1. The van der Waals surface area contributed by atoms with Crippen LogP contribution >= 0.6 is 23.5 Å². The van der Waals surface area contributed by atoms with Gasteiger partial charge in [0.05, 0.1) is 4.92 Å². The lowest BCUT2D eigenvalue weighted by Crippen LogP contribution is -2.24. The normalized spacial score (nSPS) is 18.7. The summed E-state index contributed by atoms with van der Waals surface area (Å²) < 4.78 is 1.30. The third-order valence-corrected chi connectivity index (χ3v) is 4.23. The van der Waals surface area contributed by atoms with Crippen molar-refractivity contribution >= 4 is 29.3 Å². The fraction of sp³-hybridized carbons (Fsp3) is 0.727. The molecule has 5 nitrogen and oxygen atoms in total. The first-order valence-corrected chi connectivity index (χ1v) is 7.38. The standard InChI is InChI=1S/C11H17ClN2O3S/c1-2-3-4-6-9(15)10(14(16)17)11-13(12)7-5-8-18-11/h2-8H2,1H3/b11-10-. The molecule has 1 aliphatic rings. The van der Waals surface area contributed by atoms with Crippen molar-refractivity contribution in [3.8, 4) is 0 Å². The van der Waals surface area contributed by atoms with Crippen molar-refractivity contribution < 1.29 is 9.72 Å². The Bertz CT molecular complexity index is 360. The summed E-state index contributed by atoms with van der Waals surface area (Å²) in [5.41, 5.74) is -0.342. The fourth-order valence-electron chi connectivity index (χ4n) is 1.68. The van der Waals surface area contributed by atoms with E-state index >= 15 is 0 Å². The van der Waals surface area contributed by atoms with E-state index in [-0.39, 0.29) is 12.1 Å². The summed E-state index contributed by atoms with van der Waals surface area (Å²) in [6.07, 6.45) is 3.66. The van der Waals surface area contributed by atoms with Gasteiger partial charge >= 0.3 is 5.70 Å². The van der Waals surface area contributed by atoms with Crippen LogP contribution in [-0.2, 0) is 4.79 Å². The van der Waals surface area contributed by atoms with Crippen LogP contribution in [0.4, 0.5) is 0 Å². The van der Waals surface area contributed by atoms with Crippen LogP contribution in [0.15, 0.2) is 10.7 Å². The molecule has 1 fully saturated rings. The van der Waals surface area contributed by atoms with Gasteiger partial charge in [-0.15, -0.1) is 11.8 Å². The van der Waals surface area contributed by atoms with Gasteiger partial charge in [0, 0.05) is 30.5 Å². The van der Waals surface area contributed by atoms with Crippen LogP contribution in [-0.4, -0.2) is 27.4 Å². The van der Waals surface area contributed by atoms with Crippen molar-refractivity contribution in [2.45, 2.75) is 39.0 Å². The number of rotatable bonds is 6. The Morgan fingerprint density at radius 3 is 2.83 bits per heavy atom. The summed E-state index contributed by atoms with van der Waals surface area (Å²) in [4.78, 5) is 22.4. The van der Waals surface area contributed by atoms with E-state index in [2.05, 4.69) is 0 Å². The molecule has 0 unspecified atom stereocenters. The summed E-state index contributed by atoms with van der Waals surface area (Å²) >= 11 is 7.21. The number of carbonyl (C=O) groups excluding carboxylic acids is 1. The van der Waals surface area contributed by atoms with Crippen LogP contribution in [0, 0.1) is 10.1 Å². The number of unbranched alkanes of at least 4 members (excludes halogenated alkanes) is 2. The van der Waals surface area contributed by atoms with Crippen LogP contribution in [0.3, 0.4) is 0 Å². The van der Waals surface area contributed by atoms with Gasteiger partial charge in [0.15, 0.2) is 5.03 Å². The molecule has 1 aliphatic heterocycles. The predicted octanol–water partition coefficient (Wildman–Crippen LogP) is 3.17. The minimum absolute atomic E-state index is 0.221. The van der Waals surface area contributed by atoms with Gasteiger partial charge in [-0.1, -0.05) is 19.8 Å². The molecule has 0 saturated carbocycles. The number of nitrogens with zero attached hydrogens (tertiary/aromatic N) is 2. The van der Waals surface area contributed by atoms with E-state index in [0.29, 0.717) is 18.0 Å². The number of allylic oxidation sites excluding steroid dienone is 1. The molecule has 1 saturated heterocycles. The summed E-state index contributed by atoms with van der Waals surface area (Å²) in [7, 11) is 0. The van der Waals surface area contributed by atoms with Crippen molar-refractivity contribution in [2.24, 2.45) is 0 Å². The van der Waals surface area contributed by atoms with Crippen LogP contribution in [0.25, 0.3) is 0 Å². The number of ketones is 1. The lowest BCUT2D eigenvalue weighted by Gasteiger charge is -2.22. The van der Waals surface area contributed by atoms with Crippen molar-refractivity contribution in [3.05, 3.63) is 20.8 Å². The van der Waals surface area contributed by atoms with Gasteiger partial charge < -0.3 is 0 Å². The highest BCUT2D eigenvalue weighted by molar-refractivity contribution is 8.03. The molecular formula is C11H17ClN2O3S. The number of halogens is 1. The topological polar surface area (TPSA) is 63.5 Å². The molecule has 0 bridgehead atoms. The first kappa shape index (κ1) is 15.3. The smallest absolute Gasteiger partial charge is 0.287 e. The maximum atomic E-state index is 11.9. The summed E-state index contributed by atoms with van der Waals surface area (Å²) in [6.45, 7) is 2.57. The summed E-state index contributed by atoms with van der Waals surface area (Å²) in [5.74, 6) is 0.349. The SMILES string of the molecule is CCCCCC(=O)/C(=C1/SCCCN1Cl)[N+](=O)[O-]. The molecule has 0 atom stereocenters. The third-order valence-electron chi connectivity index (χ3n) is 2.61. The number of nitro groups is 1. The number of carbonyl (C=O) groups is 1. The molecule has 0 aromatic carbocycles. The molecule has 0 amide bonds. The first-order valence-electron chi connectivity index (χ1n) is 6.06. The highest BCUT2D eigenvalue weighted by atomic mass is 35.5. The Morgan fingerprint density at radius 2 is 2.28 bits per heavy atom. The minimum Gasteiger partial charge on any atom is -0.287 e. The monoisotopic (exact) mass is 292 g/mol. The molecule has 0 radical (unpaired) electrons. The average molecular weight is 293 g/mol. The minimum atomic E-state index is -0.600. The molecule has 7 heteroatoms. The van der Waals surface area contributed by atoms with Gasteiger partial charge in [-0.05, 0) is 12.8 Å². The lowest BCUT2D eigenvalue weighted by molar-refractivity contribution is -0.420. The Balaban J connectivity index is 2.83. The molecule has 0 N–H and O–H groups in total. The summed E-state index contributed by atoms with van der Waals surface area (Å²) in [6, 6.07) is 0. The Hall–Kier alpha value is -0.750. The van der Waals surface area contributed by atoms with E-state index in [9.17, 15) is 14.9 Å². The molecule has 102 valence electrons. The first-order chi connectivity index (χ1) is 8.57. The molecule has 0 aliphatic carbocycles. The molecule has 1 rings (SSSR count). The Morgan fingerprint density at radius 1 is 1.56 bits per heavy atom. The van der Waals surface area contributed by atoms with E-state index in [1.165, 1.54) is 16.2 Å². The highest BCUT2D eigenvalue weighted by Gasteiger charge is 2.31. The van der Waals surface area contributed by atoms with E-state index < -0.39 is 10.7 Å². The molecule has 0 aromatic rings. The molecule has 0 spiro atoms. The maximum absolute atomic E-state index is 11.9. The number of hydrogen-bond acceptors (Lipinski definition) is 5. The van der Waals surface area contributed by atoms with Crippen LogP contribution in [0.5, 0.6) is 0 Å².